The third-order valence-corrected chi connectivity index (χ3v) is 9.61. The van der Waals surface area contributed by atoms with Crippen molar-refractivity contribution in [2.24, 2.45) is 0 Å². The second-order valence-corrected chi connectivity index (χ2v) is 11.8. The highest BCUT2D eigenvalue weighted by molar-refractivity contribution is 7.32. The molecule has 6 heteroatoms. The van der Waals surface area contributed by atoms with Gasteiger partial charge in [-0.2, -0.15) is 10.5 Å². The summed E-state index contributed by atoms with van der Waals surface area (Å²) in [4.78, 5) is 6.78. The van der Waals surface area contributed by atoms with Crippen LogP contribution in [0.5, 0.6) is 0 Å². The third kappa shape index (κ3) is 4.77. The largest absolute Gasteiger partial charge is 0.311 e. The fraction of sp³-hybridized carbons (Fsp3) is 0. The van der Waals surface area contributed by atoms with Gasteiger partial charge in [0.2, 0.25) is 0 Å². The molecule has 180 valence electrons. The summed E-state index contributed by atoms with van der Waals surface area (Å²) < 4.78 is 2.53. The lowest BCUT2D eigenvalue weighted by Gasteiger charge is -2.25. The van der Waals surface area contributed by atoms with Crippen LogP contribution in [0.3, 0.4) is 0 Å². The Hall–Kier alpha value is -4.46. The summed E-state index contributed by atoms with van der Waals surface area (Å²) in [7, 11) is 0. The third-order valence-electron chi connectivity index (χ3n) is 6.04. The van der Waals surface area contributed by atoms with Crippen molar-refractivity contribution >= 4 is 66.5 Å². The first kappa shape index (κ1) is 23.9. The Morgan fingerprint density at radius 3 is 1.74 bits per heavy atom. The van der Waals surface area contributed by atoms with Crippen molar-refractivity contribution in [1.29, 1.82) is 10.5 Å². The highest BCUT2D eigenvalue weighted by Crippen LogP contribution is 2.44. The molecule has 0 radical (unpaired) electrons. The molecule has 0 unspecified atom stereocenters. The molecule has 0 aliphatic rings. The van der Waals surface area contributed by atoms with Crippen molar-refractivity contribution in [3.63, 3.8) is 0 Å². The summed E-state index contributed by atoms with van der Waals surface area (Å²) in [6.45, 7) is 0. The first-order valence-electron chi connectivity index (χ1n) is 11.9. The summed E-state index contributed by atoms with van der Waals surface area (Å²) in [5, 5.41) is 18.0. The van der Waals surface area contributed by atoms with Gasteiger partial charge in [-0.25, -0.2) is 0 Å². The van der Waals surface area contributed by atoms with E-state index in [2.05, 4.69) is 95.9 Å². The standard InChI is InChI=1S/C32H19N3S3/c33-20-22(21-34)17-27-15-16-28(36-27)30-19-32-31(38-30)18-29(37-32)23-11-13-26(14-12-23)35(24-7-3-1-4-8-24)25-9-5-2-6-10-25/h1-19H. The molecule has 0 fully saturated rings. The summed E-state index contributed by atoms with van der Waals surface area (Å²) in [5.41, 5.74) is 4.69. The normalized spacial score (nSPS) is 10.6. The van der Waals surface area contributed by atoms with Gasteiger partial charge in [0.1, 0.15) is 17.7 Å². The summed E-state index contributed by atoms with van der Waals surface area (Å²) >= 11 is 5.17. The lowest BCUT2D eigenvalue weighted by atomic mass is 10.1. The van der Waals surface area contributed by atoms with Crippen molar-refractivity contribution in [3.8, 4) is 32.3 Å². The molecule has 0 aliphatic heterocycles. The molecule has 6 rings (SSSR count). The predicted octanol–water partition coefficient (Wildman–Crippen LogP) is 10.3. The SMILES string of the molecule is N#CC(C#N)=Cc1ccc(-c2cc3sc(-c4ccc(N(c5ccccc5)c5ccccc5)cc4)cc3s2)s1. The maximum absolute atomic E-state index is 9.01. The zero-order valence-electron chi connectivity index (χ0n) is 20.0. The number of thiophene rings is 3. The zero-order valence-corrected chi connectivity index (χ0v) is 22.5. The molecule has 0 aliphatic carbocycles. The van der Waals surface area contributed by atoms with Gasteiger partial charge in [0, 0.05) is 46.0 Å². The first-order chi connectivity index (χ1) is 18.7. The molecule has 0 saturated heterocycles. The molecule has 3 aromatic heterocycles. The highest BCUT2D eigenvalue weighted by atomic mass is 32.1. The van der Waals surface area contributed by atoms with E-state index in [0.29, 0.717) is 0 Å². The van der Waals surface area contributed by atoms with E-state index in [1.165, 1.54) is 24.7 Å². The second-order valence-electron chi connectivity index (χ2n) is 8.49. The van der Waals surface area contributed by atoms with Crippen molar-refractivity contribution in [3.05, 3.63) is 120 Å². The molecular weight excluding hydrogens is 523 g/mol. The molecule has 0 atom stereocenters. The number of hydrogen-bond donors (Lipinski definition) is 0. The van der Waals surface area contributed by atoms with Crippen LogP contribution in [0.25, 0.3) is 35.7 Å². The topological polar surface area (TPSA) is 50.8 Å². The van der Waals surface area contributed by atoms with Crippen LogP contribution in [-0.2, 0) is 0 Å². The highest BCUT2D eigenvalue weighted by Gasteiger charge is 2.14. The quantitative estimate of drug-likeness (QED) is 0.197. The summed E-state index contributed by atoms with van der Waals surface area (Å²) in [5.74, 6) is 0. The summed E-state index contributed by atoms with van der Waals surface area (Å²) in [6.07, 6.45) is 1.64. The van der Waals surface area contributed by atoms with Gasteiger partial charge in [0.05, 0.1) is 0 Å². The zero-order chi connectivity index (χ0) is 25.9. The fourth-order valence-electron chi connectivity index (χ4n) is 4.27. The van der Waals surface area contributed by atoms with Gasteiger partial charge < -0.3 is 4.90 Å². The molecular formula is C32H19N3S3. The molecule has 3 nitrogen and oxygen atoms in total. The van der Waals surface area contributed by atoms with Crippen LogP contribution in [0.2, 0.25) is 0 Å². The number of para-hydroxylation sites is 2. The Kier molecular flexibility index (Phi) is 6.60. The van der Waals surface area contributed by atoms with Crippen molar-refractivity contribution < 1.29 is 0 Å². The van der Waals surface area contributed by atoms with Crippen LogP contribution in [0.4, 0.5) is 17.1 Å². The van der Waals surface area contributed by atoms with Crippen molar-refractivity contribution in [2.75, 3.05) is 4.90 Å². The smallest absolute Gasteiger partial charge is 0.131 e. The molecule has 3 heterocycles. The minimum absolute atomic E-state index is 0.122. The minimum atomic E-state index is 0.122. The van der Waals surface area contributed by atoms with Gasteiger partial charge in [-0.3, -0.25) is 0 Å². The number of fused-ring (bicyclic) bond motifs is 1. The van der Waals surface area contributed by atoms with Crippen LogP contribution in [0.15, 0.2) is 115 Å². The number of rotatable bonds is 6. The van der Waals surface area contributed by atoms with Crippen molar-refractivity contribution in [1.82, 2.24) is 0 Å². The monoisotopic (exact) mass is 541 g/mol. The van der Waals surface area contributed by atoms with Gasteiger partial charge >= 0.3 is 0 Å². The molecule has 6 aromatic rings. The Bertz CT molecular complexity index is 1740. The van der Waals surface area contributed by atoms with Gasteiger partial charge in [-0.05, 0) is 72.3 Å². The van der Waals surface area contributed by atoms with E-state index in [4.69, 9.17) is 10.5 Å². The Morgan fingerprint density at radius 1 is 0.579 bits per heavy atom. The number of allylic oxidation sites excluding steroid dienone is 1. The predicted molar refractivity (Wildman–Crippen MR) is 162 cm³/mol. The molecule has 3 aromatic carbocycles. The molecule has 0 spiro atoms. The molecule has 0 N–H and O–H groups in total. The van der Waals surface area contributed by atoms with E-state index in [0.717, 1.165) is 26.8 Å². The number of nitrogens with zero attached hydrogens (tertiary/aromatic N) is 3. The van der Waals surface area contributed by atoms with E-state index in [9.17, 15) is 0 Å². The number of hydrogen-bond acceptors (Lipinski definition) is 6. The first-order valence-corrected chi connectivity index (χ1v) is 14.3. The summed E-state index contributed by atoms with van der Waals surface area (Å²) in [6, 6.07) is 42.0. The van der Waals surface area contributed by atoms with E-state index < -0.39 is 0 Å². The van der Waals surface area contributed by atoms with Gasteiger partial charge in [0.15, 0.2) is 0 Å². The molecule has 0 bridgehead atoms. The van der Waals surface area contributed by atoms with Gasteiger partial charge in [-0.15, -0.1) is 34.0 Å². The maximum Gasteiger partial charge on any atom is 0.131 e. The second kappa shape index (κ2) is 10.5. The average Bonchev–Trinajstić information content (AvgIpc) is 3.69. The van der Waals surface area contributed by atoms with E-state index in [1.807, 2.05) is 30.3 Å². The number of nitriles is 2. The van der Waals surface area contributed by atoms with Crippen LogP contribution >= 0.6 is 34.0 Å². The van der Waals surface area contributed by atoms with Gasteiger partial charge in [0.25, 0.3) is 0 Å². The Balaban J connectivity index is 1.27. The number of anilines is 3. The molecule has 0 saturated carbocycles. The van der Waals surface area contributed by atoms with Crippen LogP contribution in [-0.4, -0.2) is 0 Å². The van der Waals surface area contributed by atoms with Crippen molar-refractivity contribution in [2.45, 2.75) is 0 Å². The number of benzene rings is 3. The lowest BCUT2D eigenvalue weighted by Crippen LogP contribution is -2.09. The average molecular weight is 542 g/mol. The lowest BCUT2D eigenvalue weighted by molar-refractivity contribution is 1.28. The van der Waals surface area contributed by atoms with E-state index in [-0.39, 0.29) is 5.57 Å². The Labute approximate surface area is 233 Å². The minimum Gasteiger partial charge on any atom is -0.311 e. The fourth-order valence-corrected chi connectivity index (χ4v) is 7.70. The van der Waals surface area contributed by atoms with Crippen LogP contribution in [0, 0.1) is 22.7 Å². The maximum atomic E-state index is 9.01. The Morgan fingerprint density at radius 2 is 1.13 bits per heavy atom. The van der Waals surface area contributed by atoms with E-state index in [1.54, 1.807) is 40.1 Å². The van der Waals surface area contributed by atoms with E-state index >= 15 is 0 Å². The molecule has 38 heavy (non-hydrogen) atoms. The van der Waals surface area contributed by atoms with Gasteiger partial charge in [-0.1, -0.05) is 48.5 Å². The molecule has 0 amide bonds. The van der Waals surface area contributed by atoms with Crippen LogP contribution in [0.1, 0.15) is 4.88 Å². The van der Waals surface area contributed by atoms with Crippen LogP contribution < -0.4 is 4.90 Å².